The quantitative estimate of drug-likeness (QED) is 0.659. The third-order valence-corrected chi connectivity index (χ3v) is 6.71. The monoisotopic (exact) mass is 445 g/mol. The smallest absolute Gasteiger partial charge is 0.405 e. The van der Waals surface area contributed by atoms with Gasteiger partial charge in [0.2, 0.25) is 5.91 Å². The molecule has 1 N–H and O–H groups in total. The number of benzene rings is 2. The van der Waals surface area contributed by atoms with E-state index in [2.05, 4.69) is 5.32 Å². The molecule has 0 spiro atoms. The van der Waals surface area contributed by atoms with Crippen LogP contribution in [-0.4, -0.2) is 31.2 Å². The Morgan fingerprint density at radius 1 is 1.00 bits per heavy atom. The number of esters is 1. The fourth-order valence-corrected chi connectivity index (χ4v) is 5.58. The molecule has 0 aromatic heterocycles. The second-order valence-corrected chi connectivity index (χ2v) is 8.45. The second-order valence-electron chi connectivity index (χ2n) is 8.45. The van der Waals surface area contributed by atoms with Crippen LogP contribution in [0.2, 0.25) is 0 Å². The molecule has 0 radical (unpaired) electrons. The number of carbonyl (C=O) groups excluding carboxylic acids is 2. The third-order valence-electron chi connectivity index (χ3n) is 6.71. The Bertz CT molecular complexity index is 972. The largest absolute Gasteiger partial charge is 0.466 e. The van der Waals surface area contributed by atoms with Crippen LogP contribution in [0.25, 0.3) is 11.1 Å². The zero-order chi connectivity index (χ0) is 22.9. The minimum atomic E-state index is -4.54. The van der Waals surface area contributed by atoms with Crippen LogP contribution in [0.1, 0.15) is 43.7 Å². The average Bonchev–Trinajstić information content (AvgIpc) is 3.08. The number of nitrogens with one attached hydrogen (secondary N) is 1. The summed E-state index contributed by atoms with van der Waals surface area (Å²) < 4.78 is 44.6. The van der Waals surface area contributed by atoms with Gasteiger partial charge in [0.15, 0.2) is 0 Å². The Morgan fingerprint density at radius 2 is 1.56 bits per heavy atom. The molecule has 7 heteroatoms. The Morgan fingerprint density at radius 3 is 2.12 bits per heavy atom. The van der Waals surface area contributed by atoms with Crippen LogP contribution in [-0.2, 0) is 19.7 Å². The first-order valence-electron chi connectivity index (χ1n) is 11.0. The van der Waals surface area contributed by atoms with Crippen LogP contribution in [0.15, 0.2) is 48.5 Å². The van der Waals surface area contributed by atoms with Gasteiger partial charge >= 0.3 is 12.1 Å². The predicted octanol–water partition coefficient (Wildman–Crippen LogP) is 5.00. The van der Waals surface area contributed by atoms with E-state index in [1.807, 2.05) is 24.3 Å². The lowest BCUT2D eigenvalue weighted by molar-refractivity contribution is -0.154. The van der Waals surface area contributed by atoms with Crippen molar-refractivity contribution in [3.8, 4) is 11.1 Å². The van der Waals surface area contributed by atoms with Crippen LogP contribution in [0.4, 0.5) is 13.2 Å². The molecule has 0 aliphatic heterocycles. The first kappa shape index (κ1) is 22.4. The van der Waals surface area contributed by atoms with E-state index in [9.17, 15) is 22.8 Å². The minimum Gasteiger partial charge on any atom is -0.466 e. The molecule has 0 bridgehead atoms. The lowest BCUT2D eigenvalue weighted by atomic mass is 9.59. The van der Waals surface area contributed by atoms with Crippen molar-refractivity contribution in [1.29, 1.82) is 0 Å². The van der Waals surface area contributed by atoms with Gasteiger partial charge in [0.25, 0.3) is 0 Å². The summed E-state index contributed by atoms with van der Waals surface area (Å²) in [6.45, 7) is 0.513. The summed E-state index contributed by atoms with van der Waals surface area (Å²) in [6.07, 6.45) is -1.85. The number of halogens is 3. The summed E-state index contributed by atoms with van der Waals surface area (Å²) in [7, 11) is 0. The SMILES string of the molecule is CCOC(=O)C1CCCCC1C1(C(=O)NCC(F)(F)F)c2ccccc2-c2ccccc21. The summed E-state index contributed by atoms with van der Waals surface area (Å²) in [5, 5.41) is 2.16. The van der Waals surface area contributed by atoms with Crippen LogP contribution in [0.3, 0.4) is 0 Å². The van der Waals surface area contributed by atoms with Crippen molar-refractivity contribution in [1.82, 2.24) is 5.32 Å². The molecule has 2 unspecified atom stereocenters. The Kier molecular flexibility index (Phi) is 6.01. The zero-order valence-electron chi connectivity index (χ0n) is 17.9. The summed E-state index contributed by atoms with van der Waals surface area (Å²) >= 11 is 0. The van der Waals surface area contributed by atoms with Gasteiger partial charge in [-0.3, -0.25) is 9.59 Å². The maximum Gasteiger partial charge on any atom is 0.405 e. The normalized spacial score (nSPS) is 21.4. The Labute approximate surface area is 185 Å². The van der Waals surface area contributed by atoms with Gasteiger partial charge in [0, 0.05) is 0 Å². The van der Waals surface area contributed by atoms with Crippen molar-refractivity contribution in [2.75, 3.05) is 13.2 Å². The molecule has 0 heterocycles. The number of carbonyl (C=O) groups is 2. The van der Waals surface area contributed by atoms with E-state index in [4.69, 9.17) is 4.74 Å². The highest BCUT2D eigenvalue weighted by molar-refractivity contribution is 6.01. The molecule has 4 rings (SSSR count). The molecule has 2 aromatic carbocycles. The number of ether oxygens (including phenoxy) is 1. The van der Waals surface area contributed by atoms with Crippen LogP contribution in [0.5, 0.6) is 0 Å². The molecule has 0 saturated heterocycles. The van der Waals surface area contributed by atoms with Crippen molar-refractivity contribution in [3.05, 3.63) is 59.7 Å². The van der Waals surface area contributed by atoms with Crippen LogP contribution >= 0.6 is 0 Å². The van der Waals surface area contributed by atoms with E-state index < -0.39 is 35.9 Å². The molecule has 4 nitrogen and oxygen atoms in total. The van der Waals surface area contributed by atoms with Crippen molar-refractivity contribution < 1.29 is 27.5 Å². The van der Waals surface area contributed by atoms with Crippen LogP contribution < -0.4 is 5.32 Å². The number of alkyl halides is 3. The molecule has 2 aromatic rings. The van der Waals surface area contributed by atoms with Gasteiger partial charge < -0.3 is 10.1 Å². The van der Waals surface area contributed by atoms with Crippen molar-refractivity contribution in [2.45, 2.75) is 44.2 Å². The number of hydrogen-bond acceptors (Lipinski definition) is 3. The van der Waals surface area contributed by atoms with Crippen LogP contribution in [0, 0.1) is 11.8 Å². The Balaban J connectivity index is 1.93. The third kappa shape index (κ3) is 3.67. The van der Waals surface area contributed by atoms with Crippen molar-refractivity contribution in [3.63, 3.8) is 0 Å². The topological polar surface area (TPSA) is 55.4 Å². The van der Waals surface area contributed by atoms with Gasteiger partial charge in [-0.05, 0) is 47.9 Å². The molecule has 32 heavy (non-hydrogen) atoms. The van der Waals surface area contributed by atoms with E-state index >= 15 is 0 Å². The lowest BCUT2D eigenvalue weighted by Crippen LogP contribution is -2.54. The Hall–Kier alpha value is -2.83. The van der Waals surface area contributed by atoms with E-state index in [0.29, 0.717) is 24.0 Å². The highest BCUT2D eigenvalue weighted by Crippen LogP contribution is 2.57. The molecular formula is C25H26F3NO3. The van der Waals surface area contributed by atoms with Gasteiger partial charge in [-0.2, -0.15) is 13.2 Å². The van der Waals surface area contributed by atoms with Gasteiger partial charge in [-0.1, -0.05) is 61.4 Å². The first-order chi connectivity index (χ1) is 15.3. The van der Waals surface area contributed by atoms with E-state index in [-0.39, 0.29) is 12.6 Å². The average molecular weight is 445 g/mol. The van der Waals surface area contributed by atoms with E-state index in [1.54, 1.807) is 31.2 Å². The number of fused-ring (bicyclic) bond motifs is 3. The highest BCUT2D eigenvalue weighted by Gasteiger charge is 2.58. The standard InChI is InChI=1S/C25H26F3NO3/c1-2-32-22(30)18-11-5-8-14-21(18)25(23(31)29-15-24(26,27)28)19-12-6-3-9-16(19)17-10-4-7-13-20(17)25/h3-4,6-7,9-10,12-13,18,21H,2,5,8,11,14-15H2,1H3,(H,29,31). The van der Waals surface area contributed by atoms with Gasteiger partial charge in [-0.15, -0.1) is 0 Å². The molecule has 2 aliphatic carbocycles. The molecule has 1 fully saturated rings. The van der Waals surface area contributed by atoms with Gasteiger partial charge in [0.1, 0.15) is 12.0 Å². The summed E-state index contributed by atoms with van der Waals surface area (Å²) in [4.78, 5) is 26.7. The maximum absolute atomic E-state index is 13.8. The van der Waals surface area contributed by atoms with Gasteiger partial charge in [-0.25, -0.2) is 0 Å². The lowest BCUT2D eigenvalue weighted by Gasteiger charge is -2.43. The maximum atomic E-state index is 13.8. The molecular weight excluding hydrogens is 419 g/mol. The summed E-state index contributed by atoms with van der Waals surface area (Å²) in [5.74, 6) is -2.18. The second kappa shape index (κ2) is 8.60. The highest BCUT2D eigenvalue weighted by atomic mass is 19.4. The van der Waals surface area contributed by atoms with E-state index in [1.165, 1.54) is 0 Å². The van der Waals surface area contributed by atoms with Crippen molar-refractivity contribution in [2.24, 2.45) is 11.8 Å². The number of amides is 1. The number of hydrogen-bond donors (Lipinski definition) is 1. The first-order valence-corrected chi connectivity index (χ1v) is 11.0. The molecule has 170 valence electrons. The van der Waals surface area contributed by atoms with Gasteiger partial charge in [0.05, 0.1) is 12.5 Å². The van der Waals surface area contributed by atoms with Crippen molar-refractivity contribution >= 4 is 11.9 Å². The molecule has 2 atom stereocenters. The molecule has 2 aliphatic rings. The zero-order valence-corrected chi connectivity index (χ0v) is 17.9. The molecule has 1 amide bonds. The fourth-order valence-electron chi connectivity index (χ4n) is 5.58. The summed E-state index contributed by atoms with van der Waals surface area (Å²) in [6, 6.07) is 14.7. The van der Waals surface area contributed by atoms with E-state index in [0.717, 1.165) is 24.0 Å². The summed E-state index contributed by atoms with van der Waals surface area (Å²) in [5.41, 5.74) is 1.55. The number of rotatable bonds is 5. The minimum absolute atomic E-state index is 0.211. The fraction of sp³-hybridized carbons (Fsp3) is 0.440. The molecule has 1 saturated carbocycles. The predicted molar refractivity (Wildman–Crippen MR) is 114 cm³/mol.